The number of nitrogens with one attached hydrogen (secondary N) is 1. The molecule has 0 aromatic heterocycles. The normalized spacial score (nSPS) is 20.6. The van der Waals surface area contributed by atoms with Crippen LogP contribution < -0.4 is 5.32 Å². The summed E-state index contributed by atoms with van der Waals surface area (Å²) in [4.78, 5) is 0. The molecular formula is C14H15ClN2. The van der Waals surface area contributed by atoms with Crippen molar-refractivity contribution in [3.05, 3.63) is 41.4 Å². The van der Waals surface area contributed by atoms with Gasteiger partial charge in [-0.1, -0.05) is 29.8 Å². The Balaban J connectivity index is 2.05. The Hall–Kier alpha value is -1.46. The molecule has 0 spiro atoms. The van der Waals surface area contributed by atoms with Crippen LogP contribution in [0, 0.1) is 17.2 Å². The van der Waals surface area contributed by atoms with Crippen LogP contribution in [0.4, 0.5) is 5.69 Å². The van der Waals surface area contributed by atoms with Crippen molar-refractivity contribution >= 4 is 17.3 Å². The largest absolute Gasteiger partial charge is 0.370 e. The fourth-order valence-electron chi connectivity index (χ4n) is 2.13. The minimum absolute atomic E-state index is 0.140. The molecule has 17 heavy (non-hydrogen) atoms. The highest BCUT2D eigenvalue weighted by molar-refractivity contribution is 6.30. The average Bonchev–Trinajstić information content (AvgIpc) is 2.37. The fraction of sp³-hybridized carbons (Fsp3) is 0.357. The quantitative estimate of drug-likeness (QED) is 0.819. The van der Waals surface area contributed by atoms with Gasteiger partial charge in [0.1, 0.15) is 6.04 Å². The number of benzene rings is 1. The maximum absolute atomic E-state index is 9.24. The third-order valence-corrected chi connectivity index (χ3v) is 3.30. The Morgan fingerprint density at radius 2 is 2.29 bits per heavy atom. The van der Waals surface area contributed by atoms with E-state index < -0.39 is 0 Å². The van der Waals surface area contributed by atoms with Gasteiger partial charge in [0.15, 0.2) is 0 Å². The molecule has 1 aliphatic carbocycles. The molecule has 0 bridgehead atoms. The van der Waals surface area contributed by atoms with Crippen molar-refractivity contribution in [1.29, 1.82) is 5.26 Å². The van der Waals surface area contributed by atoms with Crippen LogP contribution in [-0.4, -0.2) is 6.04 Å². The van der Waals surface area contributed by atoms with Gasteiger partial charge in [-0.05, 0) is 43.4 Å². The number of nitriles is 1. The number of allylic oxidation sites excluding steroid dienone is 2. The molecule has 3 heteroatoms. The lowest BCUT2D eigenvalue weighted by Gasteiger charge is -2.24. The molecule has 2 atom stereocenters. The van der Waals surface area contributed by atoms with Crippen LogP contribution in [0.1, 0.15) is 19.3 Å². The molecule has 0 saturated carbocycles. The molecule has 88 valence electrons. The highest BCUT2D eigenvalue weighted by atomic mass is 35.5. The summed E-state index contributed by atoms with van der Waals surface area (Å²) in [6.45, 7) is 0. The van der Waals surface area contributed by atoms with Crippen LogP contribution in [0.25, 0.3) is 0 Å². The first-order chi connectivity index (χ1) is 8.29. The minimum Gasteiger partial charge on any atom is -0.370 e. The highest BCUT2D eigenvalue weighted by Crippen LogP contribution is 2.25. The van der Waals surface area contributed by atoms with E-state index >= 15 is 0 Å². The topological polar surface area (TPSA) is 35.8 Å². The first kappa shape index (κ1) is 12.0. The summed E-state index contributed by atoms with van der Waals surface area (Å²) in [6, 6.07) is 9.72. The van der Waals surface area contributed by atoms with E-state index in [4.69, 9.17) is 11.6 Å². The second-order valence-electron chi connectivity index (χ2n) is 4.31. The van der Waals surface area contributed by atoms with Crippen LogP contribution in [0.5, 0.6) is 0 Å². The molecular weight excluding hydrogens is 232 g/mol. The van der Waals surface area contributed by atoms with E-state index in [-0.39, 0.29) is 6.04 Å². The molecule has 1 aromatic carbocycles. The standard InChI is InChI=1S/C14H15ClN2/c15-12-7-4-8-13(9-12)17-14(10-16)11-5-2-1-3-6-11/h1-2,4,7-9,11,14,17H,3,5-6H2. The summed E-state index contributed by atoms with van der Waals surface area (Å²) >= 11 is 5.92. The van der Waals surface area contributed by atoms with E-state index in [1.807, 2.05) is 24.3 Å². The zero-order valence-electron chi connectivity index (χ0n) is 9.57. The van der Waals surface area contributed by atoms with E-state index in [2.05, 4.69) is 23.5 Å². The van der Waals surface area contributed by atoms with Crippen LogP contribution in [-0.2, 0) is 0 Å². The second-order valence-corrected chi connectivity index (χ2v) is 4.74. The van der Waals surface area contributed by atoms with E-state index in [1.54, 1.807) is 0 Å². The molecule has 1 aliphatic rings. The van der Waals surface area contributed by atoms with Gasteiger partial charge >= 0.3 is 0 Å². The zero-order chi connectivity index (χ0) is 12.1. The van der Waals surface area contributed by atoms with Crippen LogP contribution in [0.15, 0.2) is 36.4 Å². The second kappa shape index (κ2) is 5.75. The third kappa shape index (κ3) is 3.25. The van der Waals surface area contributed by atoms with Gasteiger partial charge in [0.25, 0.3) is 0 Å². The van der Waals surface area contributed by atoms with E-state index in [0.717, 1.165) is 24.9 Å². The summed E-state index contributed by atoms with van der Waals surface area (Å²) < 4.78 is 0. The van der Waals surface area contributed by atoms with Gasteiger partial charge in [0, 0.05) is 10.7 Å². The predicted octanol–water partition coefficient (Wildman–Crippen LogP) is 4.00. The lowest BCUT2D eigenvalue weighted by molar-refractivity contribution is 0.458. The van der Waals surface area contributed by atoms with Gasteiger partial charge in [-0.15, -0.1) is 0 Å². The third-order valence-electron chi connectivity index (χ3n) is 3.07. The van der Waals surface area contributed by atoms with Gasteiger partial charge in [0.05, 0.1) is 6.07 Å². The van der Waals surface area contributed by atoms with Crippen molar-refractivity contribution in [3.8, 4) is 6.07 Å². The first-order valence-corrected chi connectivity index (χ1v) is 6.24. The van der Waals surface area contributed by atoms with Gasteiger partial charge in [-0.25, -0.2) is 0 Å². The fourth-order valence-corrected chi connectivity index (χ4v) is 2.32. The lowest BCUT2D eigenvalue weighted by Crippen LogP contribution is -2.28. The van der Waals surface area contributed by atoms with Crippen LogP contribution in [0.2, 0.25) is 5.02 Å². The monoisotopic (exact) mass is 246 g/mol. The Labute approximate surface area is 107 Å². The number of hydrogen-bond acceptors (Lipinski definition) is 2. The van der Waals surface area contributed by atoms with Gasteiger partial charge in [-0.2, -0.15) is 5.26 Å². The van der Waals surface area contributed by atoms with Crippen molar-refractivity contribution in [2.45, 2.75) is 25.3 Å². The van der Waals surface area contributed by atoms with Crippen molar-refractivity contribution in [1.82, 2.24) is 0 Å². The maximum Gasteiger partial charge on any atom is 0.117 e. The molecule has 0 heterocycles. The molecule has 1 N–H and O–H groups in total. The molecule has 0 saturated heterocycles. The van der Waals surface area contributed by atoms with E-state index in [0.29, 0.717) is 10.9 Å². The Bertz CT molecular complexity index is 448. The molecule has 0 aliphatic heterocycles. The zero-order valence-corrected chi connectivity index (χ0v) is 10.3. The summed E-state index contributed by atoms with van der Waals surface area (Å²) in [7, 11) is 0. The van der Waals surface area contributed by atoms with Gasteiger partial charge in [0.2, 0.25) is 0 Å². The number of rotatable bonds is 3. The number of halogens is 1. The van der Waals surface area contributed by atoms with E-state index in [1.165, 1.54) is 0 Å². The smallest absolute Gasteiger partial charge is 0.117 e. The summed E-state index contributed by atoms with van der Waals surface area (Å²) in [5.74, 6) is 0.393. The SMILES string of the molecule is N#CC(Nc1cccc(Cl)c1)C1CC=CCC1. The Morgan fingerprint density at radius 3 is 2.94 bits per heavy atom. The lowest BCUT2D eigenvalue weighted by atomic mass is 9.88. The average molecular weight is 247 g/mol. The molecule has 2 rings (SSSR count). The Kier molecular flexibility index (Phi) is 4.06. The highest BCUT2D eigenvalue weighted by Gasteiger charge is 2.21. The van der Waals surface area contributed by atoms with Gasteiger partial charge in [-0.3, -0.25) is 0 Å². The minimum atomic E-state index is -0.140. The molecule has 0 fully saturated rings. The summed E-state index contributed by atoms with van der Waals surface area (Å²) in [6.07, 6.45) is 7.47. The number of hydrogen-bond donors (Lipinski definition) is 1. The van der Waals surface area contributed by atoms with Gasteiger partial charge < -0.3 is 5.32 Å². The molecule has 0 radical (unpaired) electrons. The number of anilines is 1. The molecule has 0 amide bonds. The Morgan fingerprint density at radius 1 is 1.41 bits per heavy atom. The number of nitrogens with zero attached hydrogens (tertiary/aromatic N) is 1. The van der Waals surface area contributed by atoms with Crippen molar-refractivity contribution < 1.29 is 0 Å². The van der Waals surface area contributed by atoms with E-state index in [9.17, 15) is 5.26 Å². The first-order valence-electron chi connectivity index (χ1n) is 5.86. The molecule has 1 aromatic rings. The van der Waals surface area contributed by atoms with Crippen LogP contribution in [0.3, 0.4) is 0 Å². The predicted molar refractivity (Wildman–Crippen MR) is 71.0 cm³/mol. The van der Waals surface area contributed by atoms with Crippen molar-refractivity contribution in [2.75, 3.05) is 5.32 Å². The summed E-state index contributed by atoms with van der Waals surface area (Å²) in [5, 5.41) is 13.2. The summed E-state index contributed by atoms with van der Waals surface area (Å²) in [5.41, 5.74) is 0.915. The van der Waals surface area contributed by atoms with Crippen LogP contribution >= 0.6 is 11.6 Å². The maximum atomic E-state index is 9.24. The van der Waals surface area contributed by atoms with Crippen molar-refractivity contribution in [3.63, 3.8) is 0 Å². The molecule has 2 unspecified atom stereocenters. The van der Waals surface area contributed by atoms with Crippen molar-refractivity contribution in [2.24, 2.45) is 5.92 Å². The molecule has 2 nitrogen and oxygen atoms in total.